The molecule has 1 aromatic heterocycles. The van der Waals surface area contributed by atoms with E-state index in [2.05, 4.69) is 20.3 Å². The van der Waals surface area contributed by atoms with Crippen LogP contribution in [0.15, 0.2) is 0 Å². The van der Waals surface area contributed by atoms with Gasteiger partial charge in [0.15, 0.2) is 0 Å². The predicted octanol–water partition coefficient (Wildman–Crippen LogP) is 1.90. The number of rotatable bonds is 8. The standard InChI is InChI=1S/C14H24N4O3/c1-3-7-20-13-16-12(15-4-2)17-14(18-13)21-10-11-5-8-19-9-6-11/h11H,3-10H2,1-2H3,(H,15,16,17,18). The second-order valence-electron chi connectivity index (χ2n) is 4.97. The zero-order chi connectivity index (χ0) is 14.9. The molecule has 0 radical (unpaired) electrons. The number of hydrogen-bond acceptors (Lipinski definition) is 7. The minimum atomic E-state index is 0.310. The van der Waals surface area contributed by atoms with Crippen LogP contribution in [-0.2, 0) is 4.74 Å². The Labute approximate surface area is 125 Å². The van der Waals surface area contributed by atoms with Gasteiger partial charge in [0.25, 0.3) is 0 Å². The van der Waals surface area contributed by atoms with Crippen molar-refractivity contribution < 1.29 is 14.2 Å². The molecule has 1 saturated heterocycles. The first-order chi connectivity index (χ1) is 10.3. The average molecular weight is 296 g/mol. The molecule has 7 nitrogen and oxygen atoms in total. The summed E-state index contributed by atoms with van der Waals surface area (Å²) in [4.78, 5) is 12.6. The summed E-state index contributed by atoms with van der Waals surface area (Å²) in [7, 11) is 0. The van der Waals surface area contributed by atoms with Crippen molar-refractivity contribution in [1.29, 1.82) is 0 Å². The van der Waals surface area contributed by atoms with E-state index < -0.39 is 0 Å². The van der Waals surface area contributed by atoms with Gasteiger partial charge in [0, 0.05) is 19.8 Å². The molecule has 1 aliphatic heterocycles. The minimum Gasteiger partial charge on any atom is -0.463 e. The van der Waals surface area contributed by atoms with Crippen LogP contribution in [0.4, 0.5) is 5.95 Å². The Bertz CT molecular complexity index is 425. The Morgan fingerprint density at radius 1 is 1.10 bits per heavy atom. The molecular weight excluding hydrogens is 272 g/mol. The highest BCUT2D eigenvalue weighted by Crippen LogP contribution is 2.18. The summed E-state index contributed by atoms with van der Waals surface area (Å²) >= 11 is 0. The summed E-state index contributed by atoms with van der Waals surface area (Å²) in [5.74, 6) is 0.985. The lowest BCUT2D eigenvalue weighted by molar-refractivity contribution is 0.0480. The van der Waals surface area contributed by atoms with Crippen LogP contribution in [0.1, 0.15) is 33.1 Å². The van der Waals surface area contributed by atoms with E-state index in [0.717, 1.165) is 39.0 Å². The number of ether oxygens (including phenoxy) is 3. The van der Waals surface area contributed by atoms with E-state index in [0.29, 0.717) is 37.1 Å². The molecule has 0 saturated carbocycles. The van der Waals surface area contributed by atoms with Gasteiger partial charge in [-0.15, -0.1) is 4.98 Å². The van der Waals surface area contributed by atoms with E-state index in [1.54, 1.807) is 0 Å². The quantitative estimate of drug-likeness (QED) is 0.784. The molecule has 0 amide bonds. The molecule has 1 aliphatic rings. The lowest BCUT2D eigenvalue weighted by Gasteiger charge is -2.21. The molecule has 1 aromatic rings. The van der Waals surface area contributed by atoms with Gasteiger partial charge in [0.1, 0.15) is 0 Å². The van der Waals surface area contributed by atoms with Gasteiger partial charge in [0.2, 0.25) is 5.95 Å². The lowest BCUT2D eigenvalue weighted by atomic mass is 10.0. The Balaban J connectivity index is 1.96. The molecule has 1 fully saturated rings. The number of anilines is 1. The fourth-order valence-corrected chi connectivity index (χ4v) is 2.00. The summed E-state index contributed by atoms with van der Waals surface area (Å²) in [6.07, 6.45) is 2.94. The highest BCUT2D eigenvalue weighted by molar-refractivity contribution is 5.27. The van der Waals surface area contributed by atoms with Crippen LogP contribution in [-0.4, -0.2) is 47.9 Å². The number of aromatic nitrogens is 3. The van der Waals surface area contributed by atoms with E-state index in [-0.39, 0.29) is 0 Å². The van der Waals surface area contributed by atoms with Crippen LogP contribution in [0.25, 0.3) is 0 Å². The minimum absolute atomic E-state index is 0.310. The van der Waals surface area contributed by atoms with E-state index in [1.807, 2.05) is 13.8 Å². The van der Waals surface area contributed by atoms with E-state index >= 15 is 0 Å². The Hall–Kier alpha value is -1.63. The van der Waals surface area contributed by atoms with Crippen LogP contribution in [0.3, 0.4) is 0 Å². The van der Waals surface area contributed by atoms with Crippen molar-refractivity contribution in [2.45, 2.75) is 33.1 Å². The molecule has 0 aromatic carbocycles. The molecule has 0 aliphatic carbocycles. The summed E-state index contributed by atoms with van der Waals surface area (Å²) in [6, 6.07) is 0.628. The van der Waals surface area contributed by atoms with Gasteiger partial charge in [0.05, 0.1) is 13.2 Å². The molecule has 1 N–H and O–H groups in total. The smallest absolute Gasteiger partial charge is 0.324 e. The van der Waals surface area contributed by atoms with Crippen molar-refractivity contribution in [1.82, 2.24) is 15.0 Å². The lowest BCUT2D eigenvalue weighted by Crippen LogP contribution is -2.22. The molecule has 2 rings (SSSR count). The van der Waals surface area contributed by atoms with Gasteiger partial charge in [-0.05, 0) is 32.1 Å². The number of nitrogens with zero attached hydrogens (tertiary/aromatic N) is 3. The van der Waals surface area contributed by atoms with Crippen LogP contribution >= 0.6 is 0 Å². The van der Waals surface area contributed by atoms with Crippen molar-refractivity contribution >= 4 is 5.95 Å². The molecule has 21 heavy (non-hydrogen) atoms. The van der Waals surface area contributed by atoms with Crippen LogP contribution in [0.5, 0.6) is 12.0 Å². The van der Waals surface area contributed by atoms with Gasteiger partial charge in [-0.2, -0.15) is 9.97 Å². The number of hydrogen-bond donors (Lipinski definition) is 1. The fraction of sp³-hybridized carbons (Fsp3) is 0.786. The van der Waals surface area contributed by atoms with E-state index in [1.165, 1.54) is 0 Å². The Morgan fingerprint density at radius 3 is 2.48 bits per heavy atom. The van der Waals surface area contributed by atoms with Crippen molar-refractivity contribution in [2.75, 3.05) is 38.3 Å². The van der Waals surface area contributed by atoms with Crippen molar-refractivity contribution in [3.8, 4) is 12.0 Å². The zero-order valence-electron chi connectivity index (χ0n) is 12.8. The van der Waals surface area contributed by atoms with Gasteiger partial charge in [-0.3, -0.25) is 0 Å². The van der Waals surface area contributed by atoms with Gasteiger partial charge < -0.3 is 19.5 Å². The van der Waals surface area contributed by atoms with Crippen molar-refractivity contribution in [3.63, 3.8) is 0 Å². The summed E-state index contributed by atoms with van der Waals surface area (Å²) < 4.78 is 16.5. The Morgan fingerprint density at radius 2 is 1.81 bits per heavy atom. The summed E-state index contributed by atoms with van der Waals surface area (Å²) in [5.41, 5.74) is 0. The first-order valence-electron chi connectivity index (χ1n) is 7.65. The molecular formula is C14H24N4O3. The molecule has 0 atom stereocenters. The fourth-order valence-electron chi connectivity index (χ4n) is 2.00. The number of nitrogens with one attached hydrogen (secondary N) is 1. The second kappa shape index (κ2) is 8.61. The zero-order valence-corrected chi connectivity index (χ0v) is 12.8. The summed E-state index contributed by atoms with van der Waals surface area (Å²) in [5, 5.41) is 3.06. The Kier molecular flexibility index (Phi) is 6.46. The first kappa shape index (κ1) is 15.8. The third-order valence-electron chi connectivity index (χ3n) is 3.15. The summed E-state index contributed by atoms with van der Waals surface area (Å²) in [6.45, 7) is 7.54. The van der Waals surface area contributed by atoms with Gasteiger partial charge in [-0.25, -0.2) is 0 Å². The van der Waals surface area contributed by atoms with Gasteiger partial charge in [-0.1, -0.05) is 6.92 Å². The SMILES string of the molecule is CCCOc1nc(NCC)nc(OCC2CCOCC2)n1. The maximum Gasteiger partial charge on any atom is 0.324 e. The highest BCUT2D eigenvalue weighted by Gasteiger charge is 2.16. The molecule has 2 heterocycles. The van der Waals surface area contributed by atoms with Crippen LogP contribution in [0, 0.1) is 5.92 Å². The molecule has 0 spiro atoms. The third-order valence-corrected chi connectivity index (χ3v) is 3.15. The topological polar surface area (TPSA) is 78.4 Å². The van der Waals surface area contributed by atoms with Crippen LogP contribution < -0.4 is 14.8 Å². The molecule has 0 unspecified atom stereocenters. The third kappa shape index (κ3) is 5.34. The van der Waals surface area contributed by atoms with E-state index in [9.17, 15) is 0 Å². The normalized spacial score (nSPS) is 15.7. The average Bonchev–Trinajstić information content (AvgIpc) is 2.52. The maximum absolute atomic E-state index is 5.72. The molecule has 0 bridgehead atoms. The predicted molar refractivity (Wildman–Crippen MR) is 78.8 cm³/mol. The van der Waals surface area contributed by atoms with Crippen LogP contribution in [0.2, 0.25) is 0 Å². The maximum atomic E-state index is 5.72. The second-order valence-corrected chi connectivity index (χ2v) is 4.97. The molecule has 118 valence electrons. The van der Waals surface area contributed by atoms with Crippen molar-refractivity contribution in [2.24, 2.45) is 5.92 Å². The van der Waals surface area contributed by atoms with E-state index in [4.69, 9.17) is 14.2 Å². The largest absolute Gasteiger partial charge is 0.463 e. The van der Waals surface area contributed by atoms with Crippen molar-refractivity contribution in [3.05, 3.63) is 0 Å². The molecule has 7 heteroatoms. The van der Waals surface area contributed by atoms with Gasteiger partial charge >= 0.3 is 12.0 Å². The highest BCUT2D eigenvalue weighted by atomic mass is 16.5. The monoisotopic (exact) mass is 296 g/mol. The first-order valence-corrected chi connectivity index (χ1v) is 7.65.